The molecule has 1 atom stereocenters. The summed E-state index contributed by atoms with van der Waals surface area (Å²) in [5, 5.41) is 9.87. The summed E-state index contributed by atoms with van der Waals surface area (Å²) in [6, 6.07) is 3.40. The Balaban J connectivity index is 1.82. The highest BCUT2D eigenvalue weighted by Crippen LogP contribution is 2.38. The van der Waals surface area contributed by atoms with Gasteiger partial charge in [0.25, 0.3) is 5.91 Å². The average Bonchev–Trinajstić information content (AvgIpc) is 3.15. The maximum Gasteiger partial charge on any atom is 0.266 e. The smallest absolute Gasteiger partial charge is 0.266 e. The van der Waals surface area contributed by atoms with Crippen molar-refractivity contribution in [2.45, 2.75) is 18.9 Å². The van der Waals surface area contributed by atoms with Gasteiger partial charge < -0.3 is 14.6 Å². The van der Waals surface area contributed by atoms with Gasteiger partial charge in [0, 0.05) is 6.61 Å². The van der Waals surface area contributed by atoms with E-state index in [-0.39, 0.29) is 17.8 Å². The molecule has 8 heteroatoms. The van der Waals surface area contributed by atoms with Crippen LogP contribution in [0.3, 0.4) is 0 Å². The van der Waals surface area contributed by atoms with E-state index in [9.17, 15) is 9.90 Å². The SMILES string of the molecule is COc1cc(/C=C2\SC(=S)N(C[C@@H]3CCCO3)C2=O)cc(Br)c1O. The van der Waals surface area contributed by atoms with E-state index in [2.05, 4.69) is 15.9 Å². The molecular formula is C16H16BrNO4S2. The fourth-order valence-electron chi connectivity index (χ4n) is 2.63. The second-order valence-electron chi connectivity index (χ2n) is 5.48. The minimum Gasteiger partial charge on any atom is -0.503 e. The number of phenols is 1. The van der Waals surface area contributed by atoms with Gasteiger partial charge in [-0.3, -0.25) is 9.69 Å². The molecule has 3 rings (SSSR count). The van der Waals surface area contributed by atoms with E-state index in [1.54, 1.807) is 23.1 Å². The van der Waals surface area contributed by atoms with Crippen LogP contribution in [0, 0.1) is 0 Å². The molecule has 1 aromatic carbocycles. The lowest BCUT2D eigenvalue weighted by molar-refractivity contribution is -0.123. The first-order valence-electron chi connectivity index (χ1n) is 7.43. The van der Waals surface area contributed by atoms with Crippen molar-refractivity contribution in [1.29, 1.82) is 0 Å². The van der Waals surface area contributed by atoms with Crippen LogP contribution in [-0.2, 0) is 9.53 Å². The number of amides is 1. The topological polar surface area (TPSA) is 59.0 Å². The molecule has 24 heavy (non-hydrogen) atoms. The van der Waals surface area contributed by atoms with Crippen molar-refractivity contribution in [2.75, 3.05) is 20.3 Å². The molecule has 1 N–H and O–H groups in total. The molecule has 0 aromatic heterocycles. The van der Waals surface area contributed by atoms with Gasteiger partial charge in [-0.25, -0.2) is 0 Å². The van der Waals surface area contributed by atoms with Crippen molar-refractivity contribution < 1.29 is 19.4 Å². The van der Waals surface area contributed by atoms with Gasteiger partial charge in [-0.15, -0.1) is 0 Å². The summed E-state index contributed by atoms with van der Waals surface area (Å²) in [7, 11) is 1.48. The van der Waals surface area contributed by atoms with Crippen LogP contribution in [0.4, 0.5) is 0 Å². The number of thiocarbonyl (C=S) groups is 1. The lowest BCUT2D eigenvalue weighted by atomic mass is 10.2. The molecule has 0 saturated carbocycles. The van der Waals surface area contributed by atoms with Crippen molar-refractivity contribution in [2.24, 2.45) is 0 Å². The normalized spacial score (nSPS) is 22.7. The fraction of sp³-hybridized carbons (Fsp3) is 0.375. The van der Waals surface area contributed by atoms with Gasteiger partial charge in [0.2, 0.25) is 0 Å². The number of ether oxygens (including phenoxy) is 2. The quantitative estimate of drug-likeness (QED) is 0.583. The second-order valence-corrected chi connectivity index (χ2v) is 8.01. The number of halogens is 1. The number of carbonyl (C=O) groups is 1. The summed E-state index contributed by atoms with van der Waals surface area (Å²) in [4.78, 5) is 14.8. The van der Waals surface area contributed by atoms with Crippen molar-refractivity contribution in [3.63, 3.8) is 0 Å². The highest BCUT2D eigenvalue weighted by Gasteiger charge is 2.34. The third-order valence-corrected chi connectivity index (χ3v) is 5.83. The molecule has 2 aliphatic rings. The van der Waals surface area contributed by atoms with Gasteiger partial charge in [0.1, 0.15) is 4.32 Å². The lowest BCUT2D eigenvalue weighted by Gasteiger charge is -2.18. The zero-order valence-electron chi connectivity index (χ0n) is 13.0. The number of aromatic hydroxyl groups is 1. The molecule has 2 heterocycles. The summed E-state index contributed by atoms with van der Waals surface area (Å²) >= 11 is 9.90. The second kappa shape index (κ2) is 7.43. The zero-order valence-corrected chi connectivity index (χ0v) is 16.2. The number of carbonyl (C=O) groups excluding carboxylic acids is 1. The Hall–Kier alpha value is -1.09. The Kier molecular flexibility index (Phi) is 5.49. The predicted molar refractivity (Wildman–Crippen MR) is 101 cm³/mol. The highest BCUT2D eigenvalue weighted by atomic mass is 79.9. The molecule has 0 aliphatic carbocycles. The van der Waals surface area contributed by atoms with Gasteiger partial charge in [0.15, 0.2) is 11.5 Å². The monoisotopic (exact) mass is 429 g/mol. The summed E-state index contributed by atoms with van der Waals surface area (Å²) in [6.45, 7) is 1.25. The maximum absolute atomic E-state index is 12.6. The van der Waals surface area contributed by atoms with Crippen LogP contribution >= 0.6 is 39.9 Å². The molecular weight excluding hydrogens is 414 g/mol. The van der Waals surface area contributed by atoms with E-state index in [1.165, 1.54) is 18.9 Å². The molecule has 0 radical (unpaired) electrons. The lowest BCUT2D eigenvalue weighted by Crippen LogP contribution is -2.35. The van der Waals surface area contributed by atoms with E-state index in [4.69, 9.17) is 21.7 Å². The number of thioether (sulfide) groups is 1. The highest BCUT2D eigenvalue weighted by molar-refractivity contribution is 9.10. The van der Waals surface area contributed by atoms with E-state index in [0.717, 1.165) is 25.0 Å². The number of methoxy groups -OCH3 is 1. The Labute approximate surface area is 158 Å². The molecule has 2 fully saturated rings. The third kappa shape index (κ3) is 3.61. The number of nitrogens with zero attached hydrogens (tertiary/aromatic N) is 1. The maximum atomic E-state index is 12.6. The van der Waals surface area contributed by atoms with Gasteiger partial charge in [-0.05, 0) is 52.5 Å². The number of hydrogen-bond acceptors (Lipinski definition) is 6. The summed E-state index contributed by atoms with van der Waals surface area (Å²) in [5.41, 5.74) is 0.745. The molecule has 0 unspecified atom stereocenters. The van der Waals surface area contributed by atoms with E-state index in [1.807, 2.05) is 0 Å². The molecule has 0 bridgehead atoms. The third-order valence-electron chi connectivity index (χ3n) is 3.85. The largest absolute Gasteiger partial charge is 0.503 e. The molecule has 2 aliphatic heterocycles. The number of rotatable bonds is 4. The molecule has 1 aromatic rings. The van der Waals surface area contributed by atoms with E-state index >= 15 is 0 Å². The summed E-state index contributed by atoms with van der Waals surface area (Å²) in [6.07, 6.45) is 3.80. The van der Waals surface area contributed by atoms with E-state index in [0.29, 0.717) is 26.0 Å². The van der Waals surface area contributed by atoms with Crippen LogP contribution in [0.1, 0.15) is 18.4 Å². The molecule has 128 valence electrons. The molecule has 2 saturated heterocycles. The van der Waals surface area contributed by atoms with Gasteiger partial charge >= 0.3 is 0 Å². The van der Waals surface area contributed by atoms with E-state index < -0.39 is 0 Å². The number of hydrogen-bond donors (Lipinski definition) is 1. The van der Waals surface area contributed by atoms with Gasteiger partial charge in [-0.1, -0.05) is 24.0 Å². The van der Waals surface area contributed by atoms with Crippen LogP contribution in [0.5, 0.6) is 11.5 Å². The molecule has 0 spiro atoms. The van der Waals surface area contributed by atoms with Crippen LogP contribution in [-0.4, -0.2) is 46.6 Å². The van der Waals surface area contributed by atoms with Gasteiger partial charge in [0.05, 0.1) is 29.1 Å². The fourth-order valence-corrected chi connectivity index (χ4v) is 4.37. The van der Waals surface area contributed by atoms with Crippen LogP contribution in [0.15, 0.2) is 21.5 Å². The van der Waals surface area contributed by atoms with Gasteiger partial charge in [-0.2, -0.15) is 0 Å². The molecule has 5 nitrogen and oxygen atoms in total. The van der Waals surface area contributed by atoms with Crippen molar-refractivity contribution in [1.82, 2.24) is 4.90 Å². The first-order valence-corrected chi connectivity index (χ1v) is 9.45. The zero-order chi connectivity index (χ0) is 17.3. The Bertz CT molecular complexity index is 716. The number of phenolic OH excluding ortho intramolecular Hbond substituents is 1. The standard InChI is InChI=1S/C16H16BrNO4S2/c1-21-12-6-9(5-11(17)14(12)19)7-13-15(20)18(16(23)24-13)8-10-3-2-4-22-10/h5-7,10,19H,2-4,8H2,1H3/b13-7-/t10-/m0/s1. The summed E-state index contributed by atoms with van der Waals surface area (Å²) < 4.78 is 11.8. The average molecular weight is 430 g/mol. The first kappa shape index (κ1) is 17.7. The molecule has 1 amide bonds. The van der Waals surface area contributed by atoms with Crippen molar-refractivity contribution in [3.05, 3.63) is 27.1 Å². The Morgan fingerprint density at radius 1 is 1.58 bits per heavy atom. The minimum atomic E-state index is -0.108. The predicted octanol–water partition coefficient (Wildman–Crippen LogP) is 3.54. The van der Waals surface area contributed by atoms with Crippen LogP contribution in [0.25, 0.3) is 6.08 Å². The first-order chi connectivity index (χ1) is 11.5. The number of benzene rings is 1. The van der Waals surface area contributed by atoms with Crippen LogP contribution in [0.2, 0.25) is 0 Å². The van der Waals surface area contributed by atoms with Crippen molar-refractivity contribution in [3.8, 4) is 11.5 Å². The Morgan fingerprint density at radius 2 is 2.38 bits per heavy atom. The van der Waals surface area contributed by atoms with Crippen LogP contribution < -0.4 is 4.74 Å². The Morgan fingerprint density at radius 3 is 3.04 bits per heavy atom. The minimum absolute atomic E-state index is 0.0283. The van der Waals surface area contributed by atoms with Crippen molar-refractivity contribution >= 4 is 56.2 Å². The summed E-state index contributed by atoms with van der Waals surface area (Å²) in [5.74, 6) is 0.259.